The highest BCUT2D eigenvalue weighted by Gasteiger charge is 2.22. The van der Waals surface area contributed by atoms with Gasteiger partial charge in [0.2, 0.25) is 0 Å². The summed E-state index contributed by atoms with van der Waals surface area (Å²) in [4.78, 5) is 30.6. The predicted octanol–water partition coefficient (Wildman–Crippen LogP) is 2.48. The van der Waals surface area contributed by atoms with Crippen molar-refractivity contribution in [3.63, 3.8) is 0 Å². The second-order valence-corrected chi connectivity index (χ2v) is 7.41. The van der Waals surface area contributed by atoms with E-state index in [1.54, 1.807) is 24.4 Å². The van der Waals surface area contributed by atoms with E-state index >= 15 is 0 Å². The number of aromatic nitrogens is 2. The van der Waals surface area contributed by atoms with Gasteiger partial charge in [0.05, 0.1) is 16.8 Å². The summed E-state index contributed by atoms with van der Waals surface area (Å²) < 4.78 is 13.0. The molecule has 1 N–H and O–H groups in total. The van der Waals surface area contributed by atoms with E-state index in [-0.39, 0.29) is 17.6 Å². The maximum absolute atomic E-state index is 12.6. The number of nitrogens with one attached hydrogen (secondary N) is 1. The molecule has 1 aromatic carbocycles. The quantitative estimate of drug-likeness (QED) is 0.578. The van der Waals surface area contributed by atoms with Crippen LogP contribution in [0.3, 0.4) is 0 Å². The number of para-hydroxylation sites is 2. The van der Waals surface area contributed by atoms with Gasteiger partial charge in [-0.25, -0.2) is 4.98 Å². The molecule has 1 atom stereocenters. The van der Waals surface area contributed by atoms with Crippen LogP contribution in [0.2, 0.25) is 0 Å². The smallest absolute Gasteiger partial charge is 0.266 e. The molecule has 1 aliphatic heterocycles. The Bertz CT molecular complexity index is 1260. The van der Waals surface area contributed by atoms with Crippen LogP contribution < -0.4 is 20.3 Å². The molecule has 0 fully saturated rings. The second-order valence-electron chi connectivity index (χ2n) is 6.38. The van der Waals surface area contributed by atoms with Gasteiger partial charge in [0.25, 0.3) is 11.5 Å². The lowest BCUT2D eigenvalue weighted by Gasteiger charge is -2.26. The van der Waals surface area contributed by atoms with Gasteiger partial charge in [0.1, 0.15) is 23.2 Å². The highest BCUT2D eigenvalue weighted by molar-refractivity contribution is 7.20. The Labute approximate surface area is 163 Å². The van der Waals surface area contributed by atoms with Crippen LogP contribution in [0, 0.1) is 0 Å². The summed E-state index contributed by atoms with van der Waals surface area (Å²) in [5.41, 5.74) is 0.372. The van der Waals surface area contributed by atoms with Gasteiger partial charge in [-0.05, 0) is 30.3 Å². The first kappa shape index (κ1) is 16.8. The number of benzene rings is 1. The topological polar surface area (TPSA) is 81.9 Å². The van der Waals surface area contributed by atoms with Crippen LogP contribution in [0.25, 0.3) is 15.9 Å². The monoisotopic (exact) mass is 393 g/mol. The van der Waals surface area contributed by atoms with Gasteiger partial charge in [-0.15, -0.1) is 11.3 Å². The summed E-state index contributed by atoms with van der Waals surface area (Å²) >= 11 is 1.20. The largest absolute Gasteiger partial charge is 0.486 e. The molecule has 0 aliphatic carbocycles. The van der Waals surface area contributed by atoms with E-state index in [4.69, 9.17) is 9.47 Å². The molecule has 0 saturated heterocycles. The lowest BCUT2D eigenvalue weighted by atomic mass is 10.2. The zero-order valence-electron chi connectivity index (χ0n) is 14.6. The molecule has 1 aliphatic rings. The van der Waals surface area contributed by atoms with E-state index in [0.29, 0.717) is 45.4 Å². The van der Waals surface area contributed by atoms with Gasteiger partial charge < -0.3 is 14.8 Å². The molecule has 0 spiro atoms. The van der Waals surface area contributed by atoms with Crippen LogP contribution in [0.4, 0.5) is 0 Å². The lowest BCUT2D eigenvalue weighted by Crippen LogP contribution is -2.40. The molecule has 1 amide bonds. The van der Waals surface area contributed by atoms with Gasteiger partial charge in [0.15, 0.2) is 11.5 Å². The molecule has 4 heterocycles. The van der Waals surface area contributed by atoms with E-state index in [9.17, 15) is 9.59 Å². The number of carbonyl (C=O) groups is 1. The second kappa shape index (κ2) is 6.65. The van der Waals surface area contributed by atoms with Gasteiger partial charge >= 0.3 is 0 Å². The van der Waals surface area contributed by atoms with Crippen molar-refractivity contribution in [2.75, 3.05) is 13.2 Å². The highest BCUT2D eigenvalue weighted by atomic mass is 32.1. The minimum Gasteiger partial charge on any atom is -0.486 e. The third-order valence-corrected chi connectivity index (χ3v) is 5.53. The summed E-state index contributed by atoms with van der Waals surface area (Å²) in [6, 6.07) is 14.4. The number of thiophene rings is 1. The first-order chi connectivity index (χ1) is 13.7. The molecule has 7 nitrogen and oxygen atoms in total. The van der Waals surface area contributed by atoms with E-state index in [2.05, 4.69) is 10.3 Å². The van der Waals surface area contributed by atoms with Crippen molar-refractivity contribution < 1.29 is 14.3 Å². The zero-order chi connectivity index (χ0) is 19.1. The first-order valence-electron chi connectivity index (χ1n) is 8.77. The molecule has 28 heavy (non-hydrogen) atoms. The van der Waals surface area contributed by atoms with Crippen molar-refractivity contribution in [2.45, 2.75) is 6.10 Å². The Balaban J connectivity index is 1.34. The van der Waals surface area contributed by atoms with Gasteiger partial charge in [-0.2, -0.15) is 0 Å². The number of amides is 1. The van der Waals surface area contributed by atoms with Crippen LogP contribution in [0.5, 0.6) is 11.5 Å². The summed E-state index contributed by atoms with van der Waals surface area (Å²) in [7, 11) is 0. The van der Waals surface area contributed by atoms with Crippen LogP contribution in [0.15, 0.2) is 59.5 Å². The molecule has 0 radical (unpaired) electrons. The molecule has 3 aromatic heterocycles. The molecule has 0 saturated carbocycles. The van der Waals surface area contributed by atoms with Gasteiger partial charge in [0, 0.05) is 6.20 Å². The van der Waals surface area contributed by atoms with Crippen molar-refractivity contribution in [3.05, 3.63) is 70.0 Å². The summed E-state index contributed by atoms with van der Waals surface area (Å²) in [5, 5.41) is 3.29. The Morgan fingerprint density at radius 3 is 2.93 bits per heavy atom. The van der Waals surface area contributed by atoms with Crippen LogP contribution in [-0.4, -0.2) is 34.5 Å². The summed E-state index contributed by atoms with van der Waals surface area (Å²) in [5.74, 6) is 1.10. The lowest BCUT2D eigenvalue weighted by molar-refractivity contribution is 0.0791. The van der Waals surface area contributed by atoms with Crippen molar-refractivity contribution in [1.82, 2.24) is 14.7 Å². The number of nitrogens with zero attached hydrogens (tertiary/aromatic N) is 2. The van der Waals surface area contributed by atoms with Crippen LogP contribution >= 0.6 is 11.3 Å². The fourth-order valence-electron chi connectivity index (χ4n) is 3.12. The van der Waals surface area contributed by atoms with E-state index in [1.807, 2.05) is 30.3 Å². The Hall–Kier alpha value is -3.39. The standard InChI is InChI=1S/C20H15N3O4S/c24-18(21-10-12-11-26-14-5-1-2-6-15(14)27-12)16-9-13-19(28-16)22-17-7-3-4-8-23(17)20(13)25/h1-9,12H,10-11H2,(H,21,24)/t12-/m1/s1. The number of rotatable bonds is 3. The average molecular weight is 393 g/mol. The fraction of sp³-hybridized carbons (Fsp3) is 0.150. The molecule has 140 valence electrons. The third kappa shape index (κ3) is 2.87. The molecule has 0 bridgehead atoms. The van der Waals surface area contributed by atoms with Crippen LogP contribution in [0.1, 0.15) is 9.67 Å². The zero-order valence-corrected chi connectivity index (χ0v) is 15.4. The van der Waals surface area contributed by atoms with Crippen molar-refractivity contribution >= 4 is 33.1 Å². The molecular formula is C20H15N3O4S. The normalized spacial score (nSPS) is 15.6. The van der Waals surface area contributed by atoms with E-state index in [0.717, 1.165) is 0 Å². The molecule has 5 rings (SSSR count). The average Bonchev–Trinajstić information content (AvgIpc) is 3.16. The summed E-state index contributed by atoms with van der Waals surface area (Å²) in [6.07, 6.45) is 1.39. The SMILES string of the molecule is O=C(NC[C@@H]1COc2ccccc2O1)c1cc2c(=O)n3ccccc3nc2s1. The van der Waals surface area contributed by atoms with Crippen LogP contribution in [-0.2, 0) is 0 Å². The molecule has 8 heteroatoms. The minimum atomic E-state index is -0.278. The number of hydrogen-bond acceptors (Lipinski definition) is 6. The molecule has 0 unspecified atom stereocenters. The number of hydrogen-bond donors (Lipinski definition) is 1. The number of carbonyl (C=O) groups excluding carboxylic acids is 1. The van der Waals surface area contributed by atoms with Crippen molar-refractivity contribution in [3.8, 4) is 11.5 Å². The highest BCUT2D eigenvalue weighted by Crippen LogP contribution is 2.30. The Kier molecular flexibility index (Phi) is 3.98. The van der Waals surface area contributed by atoms with Gasteiger partial charge in [-0.3, -0.25) is 14.0 Å². The van der Waals surface area contributed by atoms with E-state index < -0.39 is 0 Å². The third-order valence-electron chi connectivity index (χ3n) is 4.50. The van der Waals surface area contributed by atoms with Crippen molar-refractivity contribution in [1.29, 1.82) is 0 Å². The fourth-order valence-corrected chi connectivity index (χ4v) is 4.06. The Morgan fingerprint density at radius 2 is 2.04 bits per heavy atom. The minimum absolute atomic E-state index is 0.184. The summed E-state index contributed by atoms with van der Waals surface area (Å²) in [6.45, 7) is 0.661. The molecule has 4 aromatic rings. The molecular weight excluding hydrogens is 378 g/mol. The number of ether oxygens (including phenoxy) is 2. The van der Waals surface area contributed by atoms with E-state index in [1.165, 1.54) is 15.7 Å². The first-order valence-corrected chi connectivity index (χ1v) is 9.58. The Morgan fingerprint density at radius 1 is 1.21 bits per heavy atom. The number of pyridine rings is 1. The number of fused-ring (bicyclic) bond motifs is 3. The predicted molar refractivity (Wildman–Crippen MR) is 106 cm³/mol. The van der Waals surface area contributed by atoms with Gasteiger partial charge in [-0.1, -0.05) is 18.2 Å². The maximum atomic E-state index is 12.6. The van der Waals surface area contributed by atoms with Crippen molar-refractivity contribution in [2.24, 2.45) is 0 Å². The maximum Gasteiger partial charge on any atom is 0.266 e.